The molecule has 5 heterocycles. The number of hydrogen-bond acceptors (Lipinski definition) is 10. The Morgan fingerprint density at radius 2 is 1.61 bits per heavy atom. The van der Waals surface area contributed by atoms with E-state index in [1.807, 2.05) is 10.6 Å². The van der Waals surface area contributed by atoms with Crippen molar-refractivity contribution in [3.63, 3.8) is 0 Å². The van der Waals surface area contributed by atoms with E-state index in [-0.39, 0.29) is 61.2 Å². The fourth-order valence-electron chi connectivity index (χ4n) is 9.78. The summed E-state index contributed by atoms with van der Waals surface area (Å²) < 4.78 is 7.95. The van der Waals surface area contributed by atoms with Crippen molar-refractivity contribution < 1.29 is 29.0 Å². The van der Waals surface area contributed by atoms with Crippen LogP contribution in [0.2, 0.25) is 0 Å². The third kappa shape index (κ3) is 11.2. The molecule has 2 saturated heterocycles. The van der Waals surface area contributed by atoms with Crippen molar-refractivity contribution in [2.24, 2.45) is 10.8 Å². The number of aromatic nitrogens is 3. The maximum absolute atomic E-state index is 13.2. The van der Waals surface area contributed by atoms with Crippen LogP contribution in [0.4, 0.5) is 5.82 Å². The van der Waals surface area contributed by atoms with Crippen LogP contribution >= 0.6 is 0 Å². The lowest BCUT2D eigenvalue weighted by Gasteiger charge is -2.35. The summed E-state index contributed by atoms with van der Waals surface area (Å²) in [6.07, 6.45) is 6.52. The van der Waals surface area contributed by atoms with E-state index in [0.717, 1.165) is 104 Å². The minimum absolute atomic E-state index is 0.0224. The molecule has 3 aliphatic heterocycles. The minimum Gasteiger partial charge on any atom is -0.483 e. The largest absolute Gasteiger partial charge is 0.483 e. The number of nitrogens with one attached hydrogen (secondary N) is 2. The van der Waals surface area contributed by atoms with Gasteiger partial charge in [0.25, 0.3) is 11.8 Å². The van der Waals surface area contributed by atoms with Gasteiger partial charge in [-0.3, -0.25) is 29.4 Å². The molecular formula is C53H66N8O6. The first-order valence-corrected chi connectivity index (χ1v) is 24.0. The Kier molecular flexibility index (Phi) is 14.4. The molecule has 14 heteroatoms. The van der Waals surface area contributed by atoms with Crippen LogP contribution in [0.5, 0.6) is 5.75 Å². The van der Waals surface area contributed by atoms with Crippen LogP contribution in [0.25, 0.3) is 28.0 Å². The third-order valence-corrected chi connectivity index (χ3v) is 14.0. The quantitative estimate of drug-likeness (QED) is 0.0737. The number of hydrogen-bond donors (Lipinski definition) is 3. The Morgan fingerprint density at radius 3 is 2.36 bits per heavy atom. The topological polar surface area (TPSA) is 162 Å². The number of benzene rings is 3. The molecule has 4 amide bonds. The van der Waals surface area contributed by atoms with Gasteiger partial charge in [-0.1, -0.05) is 88.4 Å². The number of piperazine rings is 1. The van der Waals surface area contributed by atoms with Crippen molar-refractivity contribution in [1.82, 2.24) is 35.0 Å². The molecule has 14 nitrogen and oxygen atoms in total. The first-order chi connectivity index (χ1) is 32.2. The van der Waals surface area contributed by atoms with Gasteiger partial charge < -0.3 is 25.0 Å². The van der Waals surface area contributed by atoms with Crippen molar-refractivity contribution in [2.75, 3.05) is 57.4 Å². The lowest BCUT2D eigenvalue weighted by molar-refractivity contribution is -0.137. The molecule has 0 bridgehead atoms. The molecule has 1 unspecified atom stereocenters. The number of piperidine rings is 1. The van der Waals surface area contributed by atoms with Crippen molar-refractivity contribution >= 4 is 35.1 Å². The fourth-order valence-corrected chi connectivity index (χ4v) is 9.78. The maximum Gasteiger partial charge on any atom is 0.257 e. The second kappa shape index (κ2) is 20.4. The van der Waals surface area contributed by atoms with Crippen LogP contribution in [0.3, 0.4) is 0 Å². The number of rotatable bonds is 19. The number of β-amino-alcohol motifs (C(OH)–C–C–N with tert-alkyl or cyclic N) is 1. The number of fused-ring (bicyclic) bond motifs is 2. The van der Waals surface area contributed by atoms with Gasteiger partial charge in [-0.25, -0.2) is 4.98 Å². The Balaban J connectivity index is 0.823. The number of nitrogens with zero attached hydrogens (tertiary/aromatic N) is 6. The summed E-state index contributed by atoms with van der Waals surface area (Å²) in [6, 6.07) is 25.8. The van der Waals surface area contributed by atoms with Crippen molar-refractivity contribution in [2.45, 2.75) is 98.6 Å². The van der Waals surface area contributed by atoms with Crippen LogP contribution in [0.15, 0.2) is 78.9 Å². The summed E-state index contributed by atoms with van der Waals surface area (Å²) in [5, 5.41) is 20.0. The van der Waals surface area contributed by atoms with E-state index in [9.17, 15) is 24.3 Å². The van der Waals surface area contributed by atoms with E-state index < -0.39 is 11.9 Å². The van der Waals surface area contributed by atoms with Crippen LogP contribution in [-0.2, 0) is 27.3 Å². The lowest BCUT2D eigenvalue weighted by Crippen LogP contribution is -2.52. The number of ether oxygens (including phenoxy) is 1. The van der Waals surface area contributed by atoms with Gasteiger partial charge in [-0.05, 0) is 86.0 Å². The number of aryl methyl sites for hydroxylation is 2. The molecule has 3 aromatic carbocycles. The first kappa shape index (κ1) is 47.4. The zero-order valence-electron chi connectivity index (χ0n) is 39.8. The molecule has 3 aliphatic rings. The zero-order chi connectivity index (χ0) is 47.3. The van der Waals surface area contributed by atoms with Crippen molar-refractivity contribution in [3.05, 3.63) is 101 Å². The predicted molar refractivity (Wildman–Crippen MR) is 260 cm³/mol. The Labute approximate surface area is 394 Å². The van der Waals surface area contributed by atoms with Crippen molar-refractivity contribution in [3.8, 4) is 28.1 Å². The van der Waals surface area contributed by atoms with Crippen LogP contribution < -0.4 is 20.3 Å². The number of imide groups is 1. The number of aliphatic hydroxyl groups is 1. The molecule has 3 N–H and O–H groups in total. The smallest absolute Gasteiger partial charge is 0.257 e. The molecule has 0 radical (unpaired) electrons. The summed E-state index contributed by atoms with van der Waals surface area (Å²) in [7, 11) is 0. The number of aliphatic hydroxyl groups excluding tert-OH is 1. The van der Waals surface area contributed by atoms with E-state index in [0.29, 0.717) is 30.0 Å². The molecular weight excluding hydrogens is 845 g/mol. The highest BCUT2D eigenvalue weighted by Gasteiger charge is 2.40. The average molecular weight is 911 g/mol. The summed E-state index contributed by atoms with van der Waals surface area (Å²) in [6.45, 7) is 16.2. The SMILES string of the molecule is Cc1nn2c(N3CCN(CCO)CC3)cc(-c3ccccc3)nc2c1-c1cccc(CCCC(C)(C)CCC(C)(C)CCNC(=O)COc2cccc3c2CN(C2CCC(=O)NC2=O)C3=O)c1. The van der Waals surface area contributed by atoms with E-state index in [1.54, 1.807) is 18.2 Å². The molecule has 5 aromatic rings. The number of carbonyl (C=O) groups excluding carboxylic acids is 4. The first-order valence-electron chi connectivity index (χ1n) is 24.0. The summed E-state index contributed by atoms with van der Waals surface area (Å²) in [5.74, 6) is 0.169. The maximum atomic E-state index is 13.2. The van der Waals surface area contributed by atoms with E-state index in [4.69, 9.17) is 14.8 Å². The Morgan fingerprint density at radius 1 is 0.881 bits per heavy atom. The van der Waals surface area contributed by atoms with Crippen molar-refractivity contribution in [1.29, 1.82) is 0 Å². The van der Waals surface area contributed by atoms with E-state index >= 15 is 0 Å². The molecule has 67 heavy (non-hydrogen) atoms. The molecule has 0 spiro atoms. The predicted octanol–water partition coefficient (Wildman–Crippen LogP) is 6.99. The second-order valence-electron chi connectivity index (χ2n) is 20.1. The second-order valence-corrected chi connectivity index (χ2v) is 20.1. The normalized spacial score (nSPS) is 17.0. The van der Waals surface area contributed by atoms with Gasteiger partial charge >= 0.3 is 0 Å². The van der Waals surface area contributed by atoms with Gasteiger partial charge in [0.2, 0.25) is 11.8 Å². The number of amides is 4. The minimum atomic E-state index is -0.716. The van der Waals surface area contributed by atoms with Crippen LogP contribution in [-0.4, -0.2) is 112 Å². The summed E-state index contributed by atoms with van der Waals surface area (Å²) >= 11 is 0. The Hall–Kier alpha value is -6.12. The highest BCUT2D eigenvalue weighted by atomic mass is 16.5. The van der Waals surface area contributed by atoms with E-state index in [1.165, 1.54) is 10.5 Å². The third-order valence-electron chi connectivity index (χ3n) is 14.0. The molecule has 2 fully saturated rings. The Bertz CT molecular complexity index is 2600. The average Bonchev–Trinajstić information content (AvgIpc) is 3.83. The standard InChI is InChI=1S/C53H66N8O6/c1-36-48(49-55-42(38-14-7-6-8-15-38)33-47(61(49)57-36)59-28-26-58(27-29-59)30-31-62)39-16-9-12-37(32-39)13-11-21-52(2,3)22-23-53(4,5)24-25-54-46(64)35-67-44-18-10-17-40-41(44)34-60(51(40)66)43-19-20-45(63)56-50(43)65/h6-10,12,14-18,32-33,43,62H,11,13,19-31,34-35H2,1-5H3,(H,54,64)(H,56,63,65). The van der Waals surface area contributed by atoms with Crippen LogP contribution in [0, 0.1) is 17.8 Å². The molecule has 8 rings (SSSR count). The summed E-state index contributed by atoms with van der Waals surface area (Å²) in [5.41, 5.74) is 8.54. The molecule has 1 atom stereocenters. The van der Waals surface area contributed by atoms with Gasteiger partial charge in [0.1, 0.15) is 17.6 Å². The molecule has 354 valence electrons. The van der Waals surface area contributed by atoms with Gasteiger partial charge in [-0.2, -0.15) is 9.61 Å². The van der Waals surface area contributed by atoms with Gasteiger partial charge in [0.05, 0.1) is 24.5 Å². The zero-order valence-corrected chi connectivity index (χ0v) is 39.8. The lowest BCUT2D eigenvalue weighted by atomic mass is 9.75. The van der Waals surface area contributed by atoms with Gasteiger partial charge in [0, 0.05) is 74.0 Å². The number of carbonyl (C=O) groups is 4. The number of anilines is 1. The monoisotopic (exact) mass is 911 g/mol. The van der Waals surface area contributed by atoms with Gasteiger partial charge in [-0.15, -0.1) is 0 Å². The highest BCUT2D eigenvalue weighted by molar-refractivity contribution is 6.05. The summed E-state index contributed by atoms with van der Waals surface area (Å²) in [4.78, 5) is 61.7. The highest BCUT2D eigenvalue weighted by Crippen LogP contribution is 2.38. The fraction of sp³-hybridized carbons (Fsp3) is 0.472. The molecule has 0 saturated carbocycles. The molecule has 2 aromatic heterocycles. The van der Waals surface area contributed by atoms with Gasteiger partial charge in [0.15, 0.2) is 12.3 Å². The van der Waals surface area contributed by atoms with Crippen LogP contribution in [0.1, 0.15) is 99.8 Å². The van der Waals surface area contributed by atoms with E-state index in [2.05, 4.69) is 110 Å². The molecule has 0 aliphatic carbocycles.